The number of hydrogen-bond acceptors (Lipinski definition) is 7. The highest BCUT2D eigenvalue weighted by molar-refractivity contribution is 7.90. The lowest BCUT2D eigenvalue weighted by Crippen LogP contribution is -2.65. The zero-order valence-electron chi connectivity index (χ0n) is 28.2. The first-order chi connectivity index (χ1) is 21.6. The molecule has 46 heavy (non-hydrogen) atoms. The Bertz CT molecular complexity index is 1270. The van der Waals surface area contributed by atoms with Crippen molar-refractivity contribution >= 4 is 39.6 Å². The van der Waals surface area contributed by atoms with E-state index in [1.54, 1.807) is 0 Å². The van der Waals surface area contributed by atoms with E-state index < -0.39 is 73.9 Å². The average molecular weight is 667 g/mol. The number of amides is 5. The second kappa shape index (κ2) is 14.6. The van der Waals surface area contributed by atoms with Gasteiger partial charge in [0.1, 0.15) is 12.1 Å². The summed E-state index contributed by atoms with van der Waals surface area (Å²) in [6, 6.07) is -3.44. The number of Topliss-reactive ketones (excluding diaryl/α,β-unsaturated/α-hetero) is 1. The Hall–Kier alpha value is -2.74. The van der Waals surface area contributed by atoms with E-state index in [1.165, 1.54) is 9.21 Å². The lowest BCUT2D eigenvalue weighted by atomic mass is 9.78. The van der Waals surface area contributed by atoms with Gasteiger partial charge in [-0.2, -0.15) is 0 Å². The first kappa shape index (κ1) is 36.1. The molecule has 2 aliphatic heterocycles. The Balaban J connectivity index is 1.47. The maximum absolute atomic E-state index is 14.1. The number of urea groups is 1. The predicted octanol–water partition coefficient (Wildman–Crippen LogP) is 1.95. The van der Waals surface area contributed by atoms with Crippen molar-refractivity contribution in [2.24, 2.45) is 5.41 Å². The van der Waals surface area contributed by atoms with E-state index in [-0.39, 0.29) is 6.04 Å². The molecule has 0 radical (unpaired) electrons. The van der Waals surface area contributed by atoms with E-state index in [9.17, 15) is 32.4 Å². The number of likely N-dealkylation sites (tertiary alicyclic amines) is 1. The molecule has 4 N–H and O–H groups in total. The van der Waals surface area contributed by atoms with E-state index in [2.05, 4.69) is 21.3 Å². The van der Waals surface area contributed by atoms with Gasteiger partial charge >= 0.3 is 6.03 Å². The van der Waals surface area contributed by atoms with Crippen molar-refractivity contribution in [1.82, 2.24) is 30.5 Å². The van der Waals surface area contributed by atoms with Gasteiger partial charge in [0.15, 0.2) is 0 Å². The standard InChI is InChI=1S/C32H54N6O7S/c1-6-12-22(25(39)28(41)33-21-14-15-21)34-27(40)23-13-11-19-38(23)29(42)26(31(3,4)5)35-30(43)36-32(17-9-8-10-18-32)24-16-20-37(7-2)46(24,44)45/h21-24,26H,6-20H2,1-5H3,(H,33,41)(H,34,40)(H2,35,36,43)/t22-,23-,24-,26+/m0/s1. The smallest absolute Gasteiger partial charge is 0.315 e. The number of carbonyl (C=O) groups is 5. The molecule has 5 amide bonds. The second-order valence-electron chi connectivity index (χ2n) is 14.6. The lowest BCUT2D eigenvalue weighted by Gasteiger charge is -2.43. The average Bonchev–Trinajstić information content (AvgIpc) is 3.55. The summed E-state index contributed by atoms with van der Waals surface area (Å²) in [5.74, 6) is -2.31. The van der Waals surface area contributed by atoms with Gasteiger partial charge in [0.25, 0.3) is 5.91 Å². The van der Waals surface area contributed by atoms with Crippen molar-refractivity contribution in [3.05, 3.63) is 0 Å². The summed E-state index contributed by atoms with van der Waals surface area (Å²) < 4.78 is 28.3. The Labute approximate surface area is 273 Å². The van der Waals surface area contributed by atoms with Crippen LogP contribution in [0.5, 0.6) is 0 Å². The number of ketones is 1. The molecule has 2 saturated heterocycles. The highest BCUT2D eigenvalue weighted by atomic mass is 32.2. The number of sulfonamides is 1. The highest BCUT2D eigenvalue weighted by Gasteiger charge is 2.53. The molecule has 4 atom stereocenters. The van der Waals surface area contributed by atoms with Crippen LogP contribution in [0.4, 0.5) is 4.79 Å². The second-order valence-corrected chi connectivity index (χ2v) is 16.7. The van der Waals surface area contributed by atoms with Crippen LogP contribution >= 0.6 is 0 Å². The molecule has 0 aromatic rings. The van der Waals surface area contributed by atoms with Crippen LogP contribution in [0, 0.1) is 5.41 Å². The molecule has 13 nitrogen and oxygen atoms in total. The summed E-state index contributed by atoms with van der Waals surface area (Å²) in [7, 11) is -3.59. The first-order valence-electron chi connectivity index (χ1n) is 17.2. The van der Waals surface area contributed by atoms with Gasteiger partial charge in [-0.3, -0.25) is 19.2 Å². The molecule has 260 valence electrons. The molecule has 4 rings (SSSR count). The van der Waals surface area contributed by atoms with Crippen molar-refractivity contribution in [2.45, 2.75) is 147 Å². The van der Waals surface area contributed by atoms with Crippen molar-refractivity contribution in [3.8, 4) is 0 Å². The Morgan fingerprint density at radius 1 is 0.891 bits per heavy atom. The third-order valence-corrected chi connectivity index (χ3v) is 12.6. The Morgan fingerprint density at radius 2 is 1.57 bits per heavy atom. The molecule has 0 spiro atoms. The van der Waals surface area contributed by atoms with Gasteiger partial charge < -0.3 is 26.2 Å². The number of nitrogens with zero attached hydrogens (tertiary/aromatic N) is 2. The number of nitrogens with one attached hydrogen (secondary N) is 4. The van der Waals surface area contributed by atoms with E-state index in [0.29, 0.717) is 64.6 Å². The van der Waals surface area contributed by atoms with Crippen LogP contribution in [0.2, 0.25) is 0 Å². The minimum atomic E-state index is -3.59. The molecular formula is C32H54N6O7S. The molecule has 0 aromatic carbocycles. The minimum absolute atomic E-state index is 0.0120. The van der Waals surface area contributed by atoms with Gasteiger partial charge in [-0.05, 0) is 56.8 Å². The van der Waals surface area contributed by atoms with E-state index >= 15 is 0 Å². The maximum atomic E-state index is 14.1. The molecule has 4 aliphatic rings. The van der Waals surface area contributed by atoms with Gasteiger partial charge in [0.05, 0.1) is 16.8 Å². The summed E-state index contributed by atoms with van der Waals surface area (Å²) in [4.78, 5) is 68.1. The maximum Gasteiger partial charge on any atom is 0.315 e. The van der Waals surface area contributed by atoms with E-state index in [0.717, 1.165) is 32.1 Å². The van der Waals surface area contributed by atoms with Crippen molar-refractivity contribution < 1.29 is 32.4 Å². The Morgan fingerprint density at radius 3 is 2.13 bits per heavy atom. The summed E-state index contributed by atoms with van der Waals surface area (Å²) in [5.41, 5.74) is -1.67. The number of hydrogen-bond donors (Lipinski definition) is 4. The van der Waals surface area contributed by atoms with E-state index in [1.807, 2.05) is 34.6 Å². The SMILES string of the molecule is CCC[C@H](NC(=O)[C@@H]1CCCN1C(=O)[C@@H](NC(=O)NC1([C@@H]2CCN(CC)S2(=O)=O)CCCCC1)C(C)(C)C)C(=O)C(=O)NC1CC1. The minimum Gasteiger partial charge on any atom is -0.347 e. The van der Waals surface area contributed by atoms with Gasteiger partial charge in [-0.1, -0.05) is 60.3 Å². The molecule has 0 aromatic heterocycles. The number of carbonyl (C=O) groups excluding carboxylic acids is 5. The fraction of sp³-hybridized carbons (Fsp3) is 0.844. The summed E-state index contributed by atoms with van der Waals surface area (Å²) >= 11 is 0. The highest BCUT2D eigenvalue weighted by Crippen LogP contribution is 2.40. The Kier molecular flexibility index (Phi) is 11.4. The van der Waals surface area contributed by atoms with Crippen LogP contribution in [0.1, 0.15) is 112 Å². The quantitative estimate of drug-likeness (QED) is 0.230. The predicted molar refractivity (Wildman–Crippen MR) is 173 cm³/mol. The molecule has 0 bridgehead atoms. The topological polar surface area (TPSA) is 174 Å². The third-order valence-electron chi connectivity index (χ3n) is 10.0. The zero-order chi connectivity index (χ0) is 33.9. The van der Waals surface area contributed by atoms with Crippen LogP contribution < -0.4 is 21.3 Å². The van der Waals surface area contributed by atoms with Gasteiger partial charge in [-0.25, -0.2) is 17.5 Å². The summed E-state index contributed by atoms with van der Waals surface area (Å²) in [6.07, 6.45) is 7.58. The van der Waals surface area contributed by atoms with Crippen LogP contribution in [0.3, 0.4) is 0 Å². The van der Waals surface area contributed by atoms with Gasteiger partial charge in [0, 0.05) is 25.7 Å². The molecule has 4 fully saturated rings. The molecule has 14 heteroatoms. The fourth-order valence-corrected chi connectivity index (χ4v) is 9.65. The number of rotatable bonds is 12. The first-order valence-corrected chi connectivity index (χ1v) is 18.7. The normalized spacial score (nSPS) is 25.7. The van der Waals surface area contributed by atoms with Crippen LogP contribution in [-0.4, -0.2) is 102 Å². The van der Waals surface area contributed by atoms with Crippen LogP contribution in [0.25, 0.3) is 0 Å². The third kappa shape index (κ3) is 8.03. The van der Waals surface area contributed by atoms with E-state index in [4.69, 9.17) is 0 Å². The lowest BCUT2D eigenvalue weighted by molar-refractivity contribution is -0.143. The van der Waals surface area contributed by atoms with Crippen molar-refractivity contribution in [3.63, 3.8) is 0 Å². The van der Waals surface area contributed by atoms with Crippen LogP contribution in [-0.2, 0) is 29.2 Å². The molecule has 0 unspecified atom stereocenters. The molecule has 2 saturated carbocycles. The van der Waals surface area contributed by atoms with Gasteiger partial charge in [-0.15, -0.1) is 0 Å². The largest absolute Gasteiger partial charge is 0.347 e. The van der Waals surface area contributed by atoms with Crippen molar-refractivity contribution in [1.29, 1.82) is 0 Å². The molecule has 2 heterocycles. The van der Waals surface area contributed by atoms with Crippen LogP contribution in [0.15, 0.2) is 0 Å². The summed E-state index contributed by atoms with van der Waals surface area (Å²) in [5, 5.41) is 10.6. The van der Waals surface area contributed by atoms with Crippen molar-refractivity contribution in [2.75, 3.05) is 19.6 Å². The molecule has 2 aliphatic carbocycles. The molecular weight excluding hydrogens is 612 g/mol. The van der Waals surface area contributed by atoms with Gasteiger partial charge in [0.2, 0.25) is 27.6 Å². The zero-order valence-corrected chi connectivity index (χ0v) is 29.0. The monoisotopic (exact) mass is 666 g/mol. The fourth-order valence-electron chi connectivity index (χ4n) is 7.31. The summed E-state index contributed by atoms with van der Waals surface area (Å²) in [6.45, 7) is 10.3.